The van der Waals surface area contributed by atoms with E-state index in [-0.39, 0.29) is 0 Å². The lowest BCUT2D eigenvalue weighted by atomic mass is 10.0. The highest BCUT2D eigenvalue weighted by molar-refractivity contribution is 5.41. The normalized spacial score (nSPS) is 15.0. The largest absolute Gasteiger partial charge is 0.368 e. The Morgan fingerprint density at radius 2 is 1.95 bits per heavy atom. The van der Waals surface area contributed by atoms with Crippen molar-refractivity contribution in [2.24, 2.45) is 5.92 Å². The van der Waals surface area contributed by atoms with Gasteiger partial charge < -0.3 is 10.2 Å². The van der Waals surface area contributed by atoms with Crippen molar-refractivity contribution in [1.29, 1.82) is 0 Å². The van der Waals surface area contributed by atoms with E-state index in [1.165, 1.54) is 0 Å². The number of nitrogens with zero attached hydrogens (tertiary/aromatic N) is 5. The molecule has 6 nitrogen and oxygen atoms in total. The van der Waals surface area contributed by atoms with Gasteiger partial charge in [0.2, 0.25) is 0 Å². The highest BCUT2D eigenvalue weighted by Gasteiger charge is 2.27. The minimum atomic E-state index is 0.612. The van der Waals surface area contributed by atoms with Gasteiger partial charge in [-0.2, -0.15) is 5.10 Å². The van der Waals surface area contributed by atoms with Crippen molar-refractivity contribution in [3.05, 3.63) is 35.9 Å². The van der Waals surface area contributed by atoms with Gasteiger partial charge in [-0.3, -0.25) is 4.98 Å². The molecule has 0 aromatic carbocycles. The van der Waals surface area contributed by atoms with E-state index in [0.717, 1.165) is 42.7 Å². The molecule has 0 atom stereocenters. The third kappa shape index (κ3) is 2.84. The Morgan fingerprint density at radius 1 is 1.10 bits per heavy atom. The van der Waals surface area contributed by atoms with Crippen molar-refractivity contribution < 1.29 is 0 Å². The molecule has 3 heterocycles. The van der Waals surface area contributed by atoms with E-state index >= 15 is 0 Å². The van der Waals surface area contributed by atoms with Crippen molar-refractivity contribution in [3.8, 4) is 0 Å². The van der Waals surface area contributed by atoms with Crippen molar-refractivity contribution in [2.45, 2.75) is 13.8 Å². The molecule has 0 amide bonds. The van der Waals surface area contributed by atoms with Crippen LogP contribution in [0.1, 0.15) is 11.4 Å². The minimum absolute atomic E-state index is 0.612. The second-order valence-corrected chi connectivity index (χ2v) is 5.23. The van der Waals surface area contributed by atoms with Crippen molar-refractivity contribution >= 4 is 11.6 Å². The average Bonchev–Trinajstić information content (AvgIpc) is 2.41. The fourth-order valence-corrected chi connectivity index (χ4v) is 2.18. The van der Waals surface area contributed by atoms with Gasteiger partial charge in [-0.25, -0.2) is 4.98 Å². The van der Waals surface area contributed by atoms with E-state index in [9.17, 15) is 0 Å². The van der Waals surface area contributed by atoms with Crippen LogP contribution in [0.2, 0.25) is 0 Å². The standard InChI is InChI=1S/C14H18N6/c1-10-3-4-14(19-18-10)20-8-12(9-20)6-17-13-7-15-11(2)5-16-13/h3-5,7,12H,6,8-9H2,1-2H3,(H,16,17). The molecule has 20 heavy (non-hydrogen) atoms. The summed E-state index contributed by atoms with van der Waals surface area (Å²) in [6, 6.07) is 4.02. The molecule has 1 N–H and O–H groups in total. The lowest BCUT2D eigenvalue weighted by Gasteiger charge is -2.40. The Kier molecular flexibility index (Phi) is 3.45. The molecule has 0 spiro atoms. The average molecular weight is 270 g/mol. The molecule has 2 aromatic heterocycles. The highest BCUT2D eigenvalue weighted by Crippen LogP contribution is 2.22. The maximum absolute atomic E-state index is 4.29. The summed E-state index contributed by atoms with van der Waals surface area (Å²) in [5, 5.41) is 11.6. The van der Waals surface area contributed by atoms with Crippen LogP contribution in [0.4, 0.5) is 11.6 Å². The molecular weight excluding hydrogens is 252 g/mol. The van der Waals surface area contributed by atoms with Gasteiger partial charge in [0.1, 0.15) is 5.82 Å². The molecule has 6 heteroatoms. The number of anilines is 2. The first-order valence-corrected chi connectivity index (χ1v) is 6.78. The SMILES string of the molecule is Cc1cnc(NCC2CN(c3ccc(C)nn3)C2)cn1. The summed E-state index contributed by atoms with van der Waals surface area (Å²) in [4.78, 5) is 10.7. The predicted octanol–water partition coefficient (Wildman–Crippen LogP) is 1.43. The van der Waals surface area contributed by atoms with Crippen LogP contribution in [0.5, 0.6) is 0 Å². The number of hydrogen-bond acceptors (Lipinski definition) is 6. The third-order valence-corrected chi connectivity index (χ3v) is 3.42. The Balaban J connectivity index is 1.46. The molecule has 1 saturated heterocycles. The third-order valence-electron chi connectivity index (χ3n) is 3.42. The zero-order valence-corrected chi connectivity index (χ0v) is 11.7. The molecular formula is C14H18N6. The van der Waals surface area contributed by atoms with E-state index in [0.29, 0.717) is 5.92 Å². The number of aryl methyl sites for hydroxylation is 2. The lowest BCUT2D eigenvalue weighted by molar-refractivity contribution is 0.425. The summed E-state index contributed by atoms with van der Waals surface area (Å²) >= 11 is 0. The first-order chi connectivity index (χ1) is 9.70. The highest BCUT2D eigenvalue weighted by atomic mass is 15.3. The summed E-state index contributed by atoms with van der Waals surface area (Å²) in [7, 11) is 0. The van der Waals surface area contributed by atoms with Gasteiger partial charge in [-0.05, 0) is 26.0 Å². The molecule has 0 unspecified atom stereocenters. The molecule has 0 radical (unpaired) electrons. The van der Waals surface area contributed by atoms with Crippen LogP contribution < -0.4 is 10.2 Å². The second kappa shape index (κ2) is 5.40. The maximum atomic E-state index is 4.29. The fraction of sp³-hybridized carbons (Fsp3) is 0.429. The van der Waals surface area contributed by atoms with Crippen LogP contribution in [0.25, 0.3) is 0 Å². The Labute approximate surface area is 118 Å². The molecule has 2 aromatic rings. The van der Waals surface area contributed by atoms with Crippen LogP contribution in [0.15, 0.2) is 24.5 Å². The van der Waals surface area contributed by atoms with E-state index in [2.05, 4.69) is 30.4 Å². The lowest BCUT2D eigenvalue weighted by Crippen LogP contribution is -2.50. The van der Waals surface area contributed by atoms with Crippen molar-refractivity contribution in [3.63, 3.8) is 0 Å². The Bertz CT molecular complexity index is 556. The zero-order valence-electron chi connectivity index (χ0n) is 11.7. The van der Waals surface area contributed by atoms with Gasteiger partial charge in [0, 0.05) is 25.6 Å². The first-order valence-electron chi connectivity index (χ1n) is 6.78. The molecule has 104 valence electrons. The van der Waals surface area contributed by atoms with Crippen molar-refractivity contribution in [1.82, 2.24) is 20.2 Å². The summed E-state index contributed by atoms with van der Waals surface area (Å²) in [5.41, 5.74) is 1.88. The molecule has 0 aliphatic carbocycles. The van der Waals surface area contributed by atoms with E-state index < -0.39 is 0 Å². The van der Waals surface area contributed by atoms with Crippen LogP contribution in [0.3, 0.4) is 0 Å². The first kappa shape index (κ1) is 12.8. The monoisotopic (exact) mass is 270 g/mol. The fourth-order valence-electron chi connectivity index (χ4n) is 2.18. The van der Waals surface area contributed by atoms with Gasteiger partial charge in [0.25, 0.3) is 0 Å². The van der Waals surface area contributed by atoms with Crippen LogP contribution >= 0.6 is 0 Å². The quantitative estimate of drug-likeness (QED) is 0.906. The van der Waals surface area contributed by atoms with Gasteiger partial charge in [-0.15, -0.1) is 5.10 Å². The summed E-state index contributed by atoms with van der Waals surface area (Å²) in [5.74, 6) is 2.41. The Hall–Kier alpha value is -2.24. The minimum Gasteiger partial charge on any atom is -0.368 e. The molecule has 0 bridgehead atoms. The summed E-state index contributed by atoms with van der Waals surface area (Å²) in [6.07, 6.45) is 3.55. The Morgan fingerprint density at radius 3 is 2.60 bits per heavy atom. The number of aromatic nitrogens is 4. The second-order valence-electron chi connectivity index (χ2n) is 5.23. The van der Waals surface area contributed by atoms with Gasteiger partial charge in [-0.1, -0.05) is 0 Å². The molecule has 3 rings (SSSR count). The topological polar surface area (TPSA) is 66.8 Å². The smallest absolute Gasteiger partial charge is 0.151 e. The van der Waals surface area contributed by atoms with E-state index in [4.69, 9.17) is 0 Å². The zero-order chi connectivity index (χ0) is 13.9. The van der Waals surface area contributed by atoms with Crippen molar-refractivity contribution in [2.75, 3.05) is 29.9 Å². The van der Waals surface area contributed by atoms with Gasteiger partial charge >= 0.3 is 0 Å². The molecule has 1 aliphatic rings. The number of nitrogens with one attached hydrogen (secondary N) is 1. The predicted molar refractivity (Wildman–Crippen MR) is 77.7 cm³/mol. The number of hydrogen-bond donors (Lipinski definition) is 1. The molecule has 1 fully saturated rings. The van der Waals surface area contributed by atoms with Gasteiger partial charge in [0.05, 0.1) is 23.8 Å². The summed E-state index contributed by atoms with van der Waals surface area (Å²) < 4.78 is 0. The molecule has 0 saturated carbocycles. The van der Waals surface area contributed by atoms with Crippen LogP contribution in [-0.2, 0) is 0 Å². The van der Waals surface area contributed by atoms with E-state index in [1.807, 2.05) is 26.0 Å². The number of rotatable bonds is 4. The maximum Gasteiger partial charge on any atom is 0.151 e. The van der Waals surface area contributed by atoms with Gasteiger partial charge in [0.15, 0.2) is 5.82 Å². The van der Waals surface area contributed by atoms with Crippen LogP contribution in [-0.4, -0.2) is 39.8 Å². The summed E-state index contributed by atoms with van der Waals surface area (Å²) in [6.45, 7) is 6.80. The molecule has 1 aliphatic heterocycles. The van der Waals surface area contributed by atoms with E-state index in [1.54, 1.807) is 12.4 Å². The van der Waals surface area contributed by atoms with Crippen LogP contribution in [0, 0.1) is 19.8 Å².